The van der Waals surface area contributed by atoms with Gasteiger partial charge in [-0.15, -0.1) is 12.3 Å². The predicted molar refractivity (Wildman–Crippen MR) is 48.8 cm³/mol. The molecule has 0 saturated carbocycles. The van der Waals surface area contributed by atoms with E-state index in [9.17, 15) is 0 Å². The van der Waals surface area contributed by atoms with Crippen LogP contribution in [-0.4, -0.2) is 16.4 Å². The summed E-state index contributed by atoms with van der Waals surface area (Å²) in [7, 11) is 0. The summed E-state index contributed by atoms with van der Waals surface area (Å²) < 4.78 is 4.56. The van der Waals surface area contributed by atoms with Gasteiger partial charge in [0.05, 0.1) is 0 Å². The van der Waals surface area contributed by atoms with Gasteiger partial charge in [0.15, 0.2) is 0 Å². The third kappa shape index (κ3) is 2.88. The molecule has 1 heterocycles. The van der Waals surface area contributed by atoms with Crippen LogP contribution in [0.5, 0.6) is 0 Å². The van der Waals surface area contributed by atoms with Crippen LogP contribution in [0.15, 0.2) is 4.63 Å². The van der Waals surface area contributed by atoms with Crippen molar-refractivity contribution in [2.45, 2.75) is 32.9 Å². The second-order valence-corrected chi connectivity index (χ2v) is 2.99. The van der Waals surface area contributed by atoms with Crippen molar-refractivity contribution < 1.29 is 4.63 Å². The van der Waals surface area contributed by atoms with Crippen LogP contribution in [0.1, 0.15) is 24.7 Å². The second kappa shape index (κ2) is 4.63. The zero-order chi connectivity index (χ0) is 9.68. The Hall–Kier alpha value is -1.34. The molecular formula is C9H13N3O. The Morgan fingerprint density at radius 3 is 2.92 bits per heavy atom. The van der Waals surface area contributed by atoms with E-state index in [1.54, 1.807) is 0 Å². The Morgan fingerprint density at radius 1 is 1.62 bits per heavy atom. The molecule has 13 heavy (non-hydrogen) atoms. The molecule has 0 saturated heterocycles. The molecule has 1 atom stereocenters. The maximum absolute atomic E-state index is 5.17. The fourth-order valence-corrected chi connectivity index (χ4v) is 0.930. The normalized spacial score (nSPS) is 12.4. The third-order valence-electron chi connectivity index (χ3n) is 1.79. The molecule has 1 N–H and O–H groups in total. The van der Waals surface area contributed by atoms with E-state index in [0.29, 0.717) is 19.0 Å². The molecule has 0 aliphatic carbocycles. The van der Waals surface area contributed by atoms with E-state index < -0.39 is 0 Å². The monoisotopic (exact) mass is 179 g/mol. The van der Waals surface area contributed by atoms with Crippen LogP contribution in [0.25, 0.3) is 0 Å². The van der Waals surface area contributed by atoms with Crippen LogP contribution in [0.2, 0.25) is 0 Å². The van der Waals surface area contributed by atoms with Gasteiger partial charge in [-0.1, -0.05) is 10.3 Å². The standard InChI is InChI=1S/C9H13N3O/c1-4-5-7(2)10-6-9-8(3)11-13-12-9/h1,7,10H,5-6H2,2-3H3. The highest BCUT2D eigenvalue weighted by atomic mass is 16.6. The molecule has 1 unspecified atom stereocenters. The second-order valence-electron chi connectivity index (χ2n) is 2.99. The molecule has 0 fully saturated rings. The van der Waals surface area contributed by atoms with E-state index in [4.69, 9.17) is 6.42 Å². The number of rotatable bonds is 4. The van der Waals surface area contributed by atoms with Gasteiger partial charge < -0.3 is 5.32 Å². The lowest BCUT2D eigenvalue weighted by Gasteiger charge is -2.08. The summed E-state index contributed by atoms with van der Waals surface area (Å²) in [6.07, 6.45) is 5.88. The third-order valence-corrected chi connectivity index (χ3v) is 1.79. The molecule has 0 aromatic carbocycles. The molecule has 4 heteroatoms. The Bertz CT molecular complexity index is 300. The number of nitrogens with zero attached hydrogens (tertiary/aromatic N) is 2. The minimum absolute atomic E-state index is 0.293. The lowest BCUT2D eigenvalue weighted by atomic mass is 10.2. The fourth-order valence-electron chi connectivity index (χ4n) is 0.930. The molecule has 70 valence electrons. The fraction of sp³-hybridized carbons (Fsp3) is 0.556. The first-order valence-corrected chi connectivity index (χ1v) is 4.19. The van der Waals surface area contributed by atoms with Gasteiger partial charge in [0.25, 0.3) is 0 Å². The summed E-state index contributed by atoms with van der Waals surface area (Å²) in [5, 5.41) is 10.6. The SMILES string of the molecule is C#CCC(C)NCc1nonc1C. The zero-order valence-electron chi connectivity index (χ0n) is 7.87. The summed E-state index contributed by atoms with van der Waals surface area (Å²) in [4.78, 5) is 0. The highest BCUT2D eigenvalue weighted by Crippen LogP contribution is 2.00. The first kappa shape index (κ1) is 9.75. The highest BCUT2D eigenvalue weighted by molar-refractivity contribution is 5.04. The number of aryl methyl sites for hydroxylation is 1. The maximum Gasteiger partial charge on any atom is 0.121 e. The van der Waals surface area contributed by atoms with Crippen molar-refractivity contribution in [1.29, 1.82) is 0 Å². The lowest BCUT2D eigenvalue weighted by molar-refractivity contribution is 0.300. The van der Waals surface area contributed by atoms with Gasteiger partial charge in [-0.05, 0) is 13.8 Å². The van der Waals surface area contributed by atoms with Crippen molar-refractivity contribution in [1.82, 2.24) is 15.6 Å². The zero-order valence-corrected chi connectivity index (χ0v) is 7.87. The predicted octanol–water partition coefficient (Wildman–Crippen LogP) is 0.879. The molecule has 0 radical (unpaired) electrons. The minimum Gasteiger partial charge on any atom is -0.308 e. The van der Waals surface area contributed by atoms with E-state index >= 15 is 0 Å². The van der Waals surface area contributed by atoms with E-state index in [2.05, 4.69) is 26.2 Å². The molecule has 1 aromatic rings. The van der Waals surface area contributed by atoms with E-state index in [1.165, 1.54) is 0 Å². The van der Waals surface area contributed by atoms with Gasteiger partial charge in [0, 0.05) is 19.0 Å². The molecule has 1 rings (SSSR count). The van der Waals surface area contributed by atoms with E-state index in [-0.39, 0.29) is 0 Å². The molecule has 0 spiro atoms. The van der Waals surface area contributed by atoms with Gasteiger partial charge in [0.1, 0.15) is 11.4 Å². The average molecular weight is 179 g/mol. The molecule has 0 aliphatic rings. The molecule has 0 amide bonds. The topological polar surface area (TPSA) is 51.0 Å². The van der Waals surface area contributed by atoms with Crippen LogP contribution in [-0.2, 0) is 6.54 Å². The first-order chi connectivity index (χ1) is 6.24. The summed E-state index contributed by atoms with van der Waals surface area (Å²) in [6, 6.07) is 0.293. The number of hydrogen-bond donors (Lipinski definition) is 1. The lowest BCUT2D eigenvalue weighted by Crippen LogP contribution is -2.25. The van der Waals surface area contributed by atoms with Gasteiger partial charge in [-0.3, -0.25) is 0 Å². The number of nitrogens with one attached hydrogen (secondary N) is 1. The minimum atomic E-state index is 0.293. The molecule has 1 aromatic heterocycles. The van der Waals surface area contributed by atoms with Crippen molar-refractivity contribution in [2.75, 3.05) is 0 Å². The molecule has 0 aliphatic heterocycles. The van der Waals surface area contributed by atoms with Crippen molar-refractivity contribution in [3.8, 4) is 12.3 Å². The average Bonchev–Trinajstić information content (AvgIpc) is 2.48. The first-order valence-electron chi connectivity index (χ1n) is 4.19. The summed E-state index contributed by atoms with van der Waals surface area (Å²) in [6.45, 7) is 4.54. The highest BCUT2D eigenvalue weighted by Gasteiger charge is 2.05. The summed E-state index contributed by atoms with van der Waals surface area (Å²) >= 11 is 0. The van der Waals surface area contributed by atoms with Crippen LogP contribution in [0.3, 0.4) is 0 Å². The Balaban J connectivity index is 2.36. The van der Waals surface area contributed by atoms with Crippen LogP contribution in [0, 0.1) is 19.3 Å². The summed E-state index contributed by atoms with van der Waals surface area (Å²) in [5.74, 6) is 2.59. The Labute approximate surface area is 77.7 Å². The van der Waals surface area contributed by atoms with Gasteiger partial charge in [0.2, 0.25) is 0 Å². The number of hydrogen-bond acceptors (Lipinski definition) is 4. The number of aromatic nitrogens is 2. The van der Waals surface area contributed by atoms with Gasteiger partial charge in [-0.25, -0.2) is 4.63 Å². The number of terminal acetylenes is 1. The summed E-state index contributed by atoms with van der Waals surface area (Å²) in [5.41, 5.74) is 1.66. The maximum atomic E-state index is 5.17. The van der Waals surface area contributed by atoms with Crippen molar-refractivity contribution >= 4 is 0 Å². The van der Waals surface area contributed by atoms with Crippen LogP contribution >= 0.6 is 0 Å². The smallest absolute Gasteiger partial charge is 0.121 e. The van der Waals surface area contributed by atoms with Crippen molar-refractivity contribution in [2.24, 2.45) is 0 Å². The Kier molecular flexibility index (Phi) is 3.47. The van der Waals surface area contributed by atoms with Crippen molar-refractivity contribution in [3.63, 3.8) is 0 Å². The van der Waals surface area contributed by atoms with Crippen LogP contribution in [0.4, 0.5) is 0 Å². The Morgan fingerprint density at radius 2 is 2.38 bits per heavy atom. The molecule has 4 nitrogen and oxygen atoms in total. The van der Waals surface area contributed by atoms with Gasteiger partial charge in [-0.2, -0.15) is 0 Å². The van der Waals surface area contributed by atoms with E-state index in [1.807, 2.05) is 13.8 Å². The van der Waals surface area contributed by atoms with Gasteiger partial charge >= 0.3 is 0 Å². The largest absolute Gasteiger partial charge is 0.308 e. The van der Waals surface area contributed by atoms with E-state index in [0.717, 1.165) is 11.4 Å². The van der Waals surface area contributed by atoms with Crippen LogP contribution < -0.4 is 5.32 Å². The van der Waals surface area contributed by atoms with Crippen molar-refractivity contribution in [3.05, 3.63) is 11.4 Å². The molecule has 0 bridgehead atoms. The molecular weight excluding hydrogens is 166 g/mol. The quantitative estimate of drug-likeness (QED) is 0.697.